The van der Waals surface area contributed by atoms with E-state index < -0.39 is 5.97 Å². The third-order valence-electron chi connectivity index (χ3n) is 3.29. The fourth-order valence-electron chi connectivity index (χ4n) is 2.52. The number of piperidine rings is 1. The smallest absolute Gasteiger partial charge is 0.305 e. The first kappa shape index (κ1) is 16.0. The molecular weight excluding hydrogens is 244 g/mol. The zero-order chi connectivity index (χ0) is 14.5. The summed E-state index contributed by atoms with van der Waals surface area (Å²) in [5, 5.41) is 15.1. The van der Waals surface area contributed by atoms with Crippen LogP contribution in [0.5, 0.6) is 0 Å². The molecule has 0 saturated carbocycles. The molecule has 19 heavy (non-hydrogen) atoms. The molecule has 1 heterocycles. The van der Waals surface area contributed by atoms with Gasteiger partial charge in [-0.2, -0.15) is 0 Å². The van der Waals surface area contributed by atoms with Gasteiger partial charge in [-0.3, -0.25) is 9.59 Å². The van der Waals surface area contributed by atoms with Crippen LogP contribution in [0.2, 0.25) is 0 Å². The van der Waals surface area contributed by atoms with Crippen molar-refractivity contribution >= 4 is 11.9 Å². The van der Waals surface area contributed by atoms with Crippen LogP contribution in [0.15, 0.2) is 0 Å². The Kier molecular flexibility index (Phi) is 5.79. The van der Waals surface area contributed by atoms with E-state index in [0.29, 0.717) is 13.0 Å². The number of hydrogen-bond acceptors (Lipinski definition) is 3. The minimum absolute atomic E-state index is 0.00177. The number of carbonyl (C=O) groups is 2. The molecule has 1 amide bonds. The molecule has 0 aromatic rings. The van der Waals surface area contributed by atoms with Crippen molar-refractivity contribution in [3.05, 3.63) is 0 Å². The second-order valence-electron chi connectivity index (χ2n) is 6.61. The maximum Gasteiger partial charge on any atom is 0.305 e. The molecule has 0 aliphatic carbocycles. The monoisotopic (exact) mass is 270 g/mol. The van der Waals surface area contributed by atoms with Crippen LogP contribution in [-0.2, 0) is 9.59 Å². The molecule has 1 aliphatic heterocycles. The first-order chi connectivity index (χ1) is 8.78. The van der Waals surface area contributed by atoms with Gasteiger partial charge in [0.15, 0.2) is 0 Å². The summed E-state index contributed by atoms with van der Waals surface area (Å²) >= 11 is 0. The van der Waals surface area contributed by atoms with Gasteiger partial charge in [0.25, 0.3) is 0 Å². The molecule has 1 rings (SSSR count). The van der Waals surface area contributed by atoms with E-state index >= 15 is 0 Å². The number of carboxylic acid groups (broad SMARTS) is 1. The molecule has 1 saturated heterocycles. The highest BCUT2D eigenvalue weighted by atomic mass is 16.4. The first-order valence-corrected chi connectivity index (χ1v) is 7.01. The minimum Gasteiger partial charge on any atom is -0.481 e. The third-order valence-corrected chi connectivity index (χ3v) is 3.29. The summed E-state index contributed by atoms with van der Waals surface area (Å²) in [6.45, 7) is 7.81. The Bertz CT molecular complexity index is 317. The number of aliphatic carboxylic acids is 1. The van der Waals surface area contributed by atoms with Crippen LogP contribution < -0.4 is 10.6 Å². The van der Waals surface area contributed by atoms with Gasteiger partial charge in [0.1, 0.15) is 0 Å². The number of carboxylic acids is 1. The van der Waals surface area contributed by atoms with Crippen molar-refractivity contribution in [2.75, 3.05) is 13.1 Å². The van der Waals surface area contributed by atoms with Crippen LogP contribution >= 0.6 is 0 Å². The number of rotatable bonds is 5. The second kappa shape index (κ2) is 6.89. The van der Waals surface area contributed by atoms with Crippen LogP contribution in [0.3, 0.4) is 0 Å². The number of hydrogen-bond donors (Lipinski definition) is 3. The lowest BCUT2D eigenvalue weighted by molar-refractivity contribution is -0.138. The quantitative estimate of drug-likeness (QED) is 0.705. The van der Waals surface area contributed by atoms with Gasteiger partial charge in [0.05, 0.1) is 12.3 Å². The molecule has 3 N–H and O–H groups in total. The van der Waals surface area contributed by atoms with E-state index in [0.717, 1.165) is 19.4 Å². The highest BCUT2D eigenvalue weighted by molar-refractivity contribution is 5.80. The normalized spacial score (nSPS) is 21.7. The molecule has 0 spiro atoms. The summed E-state index contributed by atoms with van der Waals surface area (Å²) in [7, 11) is 0. The minimum atomic E-state index is -0.865. The maximum absolute atomic E-state index is 12.1. The van der Waals surface area contributed by atoms with Crippen LogP contribution in [0.25, 0.3) is 0 Å². The summed E-state index contributed by atoms with van der Waals surface area (Å²) in [6, 6.07) is -0.285. The zero-order valence-corrected chi connectivity index (χ0v) is 12.2. The van der Waals surface area contributed by atoms with Gasteiger partial charge in [0.2, 0.25) is 5.91 Å². The molecular formula is C14H26N2O3. The van der Waals surface area contributed by atoms with Gasteiger partial charge < -0.3 is 15.7 Å². The van der Waals surface area contributed by atoms with Gasteiger partial charge in [-0.15, -0.1) is 0 Å². The fourth-order valence-corrected chi connectivity index (χ4v) is 2.52. The summed E-state index contributed by atoms with van der Waals surface area (Å²) in [4.78, 5) is 23.0. The summed E-state index contributed by atoms with van der Waals surface area (Å²) < 4.78 is 0. The van der Waals surface area contributed by atoms with Crippen molar-refractivity contribution in [2.45, 2.75) is 52.5 Å². The Morgan fingerprint density at radius 3 is 2.58 bits per heavy atom. The largest absolute Gasteiger partial charge is 0.481 e. The van der Waals surface area contributed by atoms with Crippen molar-refractivity contribution in [1.29, 1.82) is 0 Å². The molecule has 0 aromatic heterocycles. The Labute approximate surface area is 115 Å². The topological polar surface area (TPSA) is 78.4 Å². The van der Waals surface area contributed by atoms with Crippen LogP contribution in [0, 0.1) is 11.3 Å². The van der Waals surface area contributed by atoms with Crippen LogP contribution in [0.1, 0.15) is 46.5 Å². The van der Waals surface area contributed by atoms with Gasteiger partial charge in [-0.25, -0.2) is 0 Å². The Morgan fingerprint density at radius 1 is 1.42 bits per heavy atom. The lowest BCUT2D eigenvalue weighted by Crippen LogP contribution is -2.46. The molecule has 0 bridgehead atoms. The van der Waals surface area contributed by atoms with Crippen LogP contribution in [-0.4, -0.2) is 36.1 Å². The fraction of sp³-hybridized carbons (Fsp3) is 0.857. The number of nitrogens with one attached hydrogen (secondary N) is 2. The van der Waals surface area contributed by atoms with E-state index in [4.69, 9.17) is 5.11 Å². The molecule has 1 aliphatic rings. The standard InChI is InChI=1S/C14H26N2O3/c1-14(2,3)8-11(7-12(17)18)16-13(19)10-5-4-6-15-9-10/h10-11,15H,4-9H2,1-3H3,(H,16,19)(H,17,18). The van der Waals surface area contributed by atoms with Gasteiger partial charge in [0, 0.05) is 12.6 Å². The molecule has 5 nitrogen and oxygen atoms in total. The van der Waals surface area contributed by atoms with Gasteiger partial charge in [-0.05, 0) is 31.2 Å². The molecule has 2 atom stereocenters. The van der Waals surface area contributed by atoms with Crippen molar-refractivity contribution in [2.24, 2.45) is 11.3 Å². The van der Waals surface area contributed by atoms with Gasteiger partial charge >= 0.3 is 5.97 Å². The van der Waals surface area contributed by atoms with Crippen molar-refractivity contribution in [3.63, 3.8) is 0 Å². The number of amides is 1. The number of carbonyl (C=O) groups excluding carboxylic acids is 1. The molecule has 110 valence electrons. The van der Waals surface area contributed by atoms with Crippen molar-refractivity contribution < 1.29 is 14.7 Å². The highest BCUT2D eigenvalue weighted by Crippen LogP contribution is 2.22. The summed E-state index contributed by atoms with van der Waals surface area (Å²) in [6.07, 6.45) is 2.55. The molecule has 2 unspecified atom stereocenters. The Hall–Kier alpha value is -1.10. The van der Waals surface area contributed by atoms with Gasteiger partial charge in [-0.1, -0.05) is 20.8 Å². The van der Waals surface area contributed by atoms with E-state index in [1.165, 1.54) is 0 Å². The molecule has 1 fully saturated rings. The van der Waals surface area contributed by atoms with E-state index in [2.05, 4.69) is 31.4 Å². The SMILES string of the molecule is CC(C)(C)CC(CC(=O)O)NC(=O)C1CCCNC1. The van der Waals surface area contributed by atoms with E-state index in [1.54, 1.807) is 0 Å². The second-order valence-corrected chi connectivity index (χ2v) is 6.61. The van der Waals surface area contributed by atoms with E-state index in [1.807, 2.05) is 0 Å². The van der Waals surface area contributed by atoms with Crippen molar-refractivity contribution in [1.82, 2.24) is 10.6 Å². The highest BCUT2D eigenvalue weighted by Gasteiger charge is 2.26. The molecule has 0 aromatic carbocycles. The Morgan fingerprint density at radius 2 is 2.11 bits per heavy atom. The average Bonchev–Trinajstić information content (AvgIpc) is 2.26. The summed E-state index contributed by atoms with van der Waals surface area (Å²) in [5.74, 6) is -0.899. The molecule has 0 radical (unpaired) electrons. The zero-order valence-electron chi connectivity index (χ0n) is 12.2. The molecule has 5 heteroatoms. The summed E-state index contributed by atoms with van der Waals surface area (Å²) in [5.41, 5.74) is -0.00177. The van der Waals surface area contributed by atoms with Crippen molar-refractivity contribution in [3.8, 4) is 0 Å². The lowest BCUT2D eigenvalue weighted by atomic mass is 9.86. The first-order valence-electron chi connectivity index (χ1n) is 7.01. The van der Waals surface area contributed by atoms with E-state index in [9.17, 15) is 9.59 Å². The lowest BCUT2D eigenvalue weighted by Gasteiger charge is -2.28. The Balaban J connectivity index is 2.54. The maximum atomic E-state index is 12.1. The third kappa shape index (κ3) is 6.57. The van der Waals surface area contributed by atoms with Crippen LogP contribution in [0.4, 0.5) is 0 Å². The predicted octanol–water partition coefficient (Wildman–Crippen LogP) is 1.38. The van der Waals surface area contributed by atoms with E-state index in [-0.39, 0.29) is 29.7 Å². The average molecular weight is 270 g/mol. The predicted molar refractivity (Wildman–Crippen MR) is 73.8 cm³/mol.